The second-order valence-corrected chi connectivity index (χ2v) is 7.43. The standard InChI is InChI=1S/C17H18F2N2O5S/c1-2-15(14-5-3-4-6-16(14)26-17(18)19)20-27(24,25)11-12-7-9-13(10-8-12)21(22)23/h3-10,15,17,20H,2,11H2,1H3. The van der Waals surface area contributed by atoms with Crippen LogP contribution in [0.5, 0.6) is 5.75 Å². The van der Waals surface area contributed by atoms with Gasteiger partial charge in [-0.25, -0.2) is 13.1 Å². The van der Waals surface area contributed by atoms with E-state index in [1.165, 1.54) is 42.5 Å². The highest BCUT2D eigenvalue weighted by molar-refractivity contribution is 7.88. The van der Waals surface area contributed by atoms with Crippen LogP contribution in [-0.4, -0.2) is 20.0 Å². The number of nitro groups is 1. The Kier molecular flexibility index (Phi) is 6.81. The van der Waals surface area contributed by atoms with Gasteiger partial charge in [0.1, 0.15) is 5.75 Å². The first-order chi connectivity index (χ1) is 12.7. The topological polar surface area (TPSA) is 98.5 Å². The highest BCUT2D eigenvalue weighted by atomic mass is 32.2. The molecule has 1 unspecified atom stereocenters. The minimum absolute atomic E-state index is 0.0996. The molecule has 0 amide bonds. The smallest absolute Gasteiger partial charge is 0.387 e. The maximum Gasteiger partial charge on any atom is 0.387 e. The molecule has 10 heteroatoms. The van der Waals surface area contributed by atoms with Gasteiger partial charge in [0.25, 0.3) is 5.69 Å². The molecule has 2 aromatic carbocycles. The molecule has 0 aliphatic heterocycles. The molecule has 0 aromatic heterocycles. The lowest BCUT2D eigenvalue weighted by atomic mass is 10.0. The summed E-state index contributed by atoms with van der Waals surface area (Å²) in [6.07, 6.45) is 0.309. The molecule has 0 saturated heterocycles. The molecule has 7 nitrogen and oxygen atoms in total. The number of alkyl halides is 2. The molecule has 0 spiro atoms. The molecule has 27 heavy (non-hydrogen) atoms. The predicted molar refractivity (Wildman–Crippen MR) is 95.0 cm³/mol. The van der Waals surface area contributed by atoms with E-state index in [4.69, 9.17) is 0 Å². The first-order valence-electron chi connectivity index (χ1n) is 7.99. The number of non-ortho nitro benzene ring substituents is 1. The number of sulfonamides is 1. The van der Waals surface area contributed by atoms with Crippen molar-refractivity contribution in [2.24, 2.45) is 0 Å². The summed E-state index contributed by atoms with van der Waals surface area (Å²) >= 11 is 0. The van der Waals surface area contributed by atoms with Crippen LogP contribution in [0.2, 0.25) is 0 Å². The third-order valence-corrected chi connectivity index (χ3v) is 5.10. The van der Waals surface area contributed by atoms with Crippen LogP contribution in [-0.2, 0) is 15.8 Å². The van der Waals surface area contributed by atoms with Crippen molar-refractivity contribution in [2.45, 2.75) is 31.8 Å². The van der Waals surface area contributed by atoms with E-state index >= 15 is 0 Å². The van der Waals surface area contributed by atoms with Gasteiger partial charge >= 0.3 is 6.61 Å². The number of nitrogens with one attached hydrogen (secondary N) is 1. The largest absolute Gasteiger partial charge is 0.434 e. The van der Waals surface area contributed by atoms with Gasteiger partial charge in [-0.1, -0.05) is 37.3 Å². The summed E-state index contributed by atoms with van der Waals surface area (Å²) in [5.41, 5.74) is 0.515. The summed E-state index contributed by atoms with van der Waals surface area (Å²) in [4.78, 5) is 10.1. The normalized spacial score (nSPS) is 12.7. The van der Waals surface area contributed by atoms with Crippen LogP contribution in [0.15, 0.2) is 48.5 Å². The third kappa shape index (κ3) is 5.97. The highest BCUT2D eigenvalue weighted by Gasteiger charge is 2.22. The van der Waals surface area contributed by atoms with Crippen molar-refractivity contribution >= 4 is 15.7 Å². The molecule has 2 aromatic rings. The Balaban J connectivity index is 2.18. The average molecular weight is 400 g/mol. The van der Waals surface area contributed by atoms with Gasteiger partial charge in [-0.15, -0.1) is 0 Å². The van der Waals surface area contributed by atoms with E-state index < -0.39 is 33.4 Å². The first kappa shape index (κ1) is 20.7. The Labute approximate surface area is 155 Å². The lowest BCUT2D eigenvalue weighted by Gasteiger charge is -2.20. The summed E-state index contributed by atoms with van der Waals surface area (Å²) in [6, 6.07) is 10.3. The monoisotopic (exact) mass is 400 g/mol. The summed E-state index contributed by atoms with van der Waals surface area (Å²) in [6.45, 7) is -1.32. The third-order valence-electron chi connectivity index (χ3n) is 3.74. The van der Waals surface area contributed by atoms with Gasteiger partial charge in [0.05, 0.1) is 16.7 Å². The fourth-order valence-corrected chi connectivity index (χ4v) is 3.97. The lowest BCUT2D eigenvalue weighted by Crippen LogP contribution is -2.30. The quantitative estimate of drug-likeness (QED) is 0.510. The average Bonchev–Trinajstić information content (AvgIpc) is 2.60. The summed E-state index contributed by atoms with van der Waals surface area (Å²) in [7, 11) is -3.84. The lowest BCUT2D eigenvalue weighted by molar-refractivity contribution is -0.384. The molecule has 1 N–H and O–H groups in total. The van der Waals surface area contributed by atoms with Crippen molar-refractivity contribution in [2.75, 3.05) is 0 Å². The Hall–Kier alpha value is -2.59. The van der Waals surface area contributed by atoms with E-state index in [1.54, 1.807) is 13.0 Å². The number of benzene rings is 2. The Morgan fingerprint density at radius 2 is 1.78 bits per heavy atom. The number of nitro benzene ring substituents is 1. The number of ether oxygens (including phenoxy) is 1. The number of para-hydroxylation sites is 1. The van der Waals surface area contributed by atoms with Crippen molar-refractivity contribution in [1.82, 2.24) is 4.72 Å². The minimum Gasteiger partial charge on any atom is -0.434 e. The zero-order valence-electron chi connectivity index (χ0n) is 14.3. The number of rotatable bonds is 9. The second kappa shape index (κ2) is 8.87. The van der Waals surface area contributed by atoms with Crippen LogP contribution >= 0.6 is 0 Å². The fourth-order valence-electron chi connectivity index (χ4n) is 2.53. The molecule has 1 atom stereocenters. The molecule has 0 aliphatic carbocycles. The number of halogens is 2. The van der Waals surface area contributed by atoms with Gasteiger partial charge in [0.2, 0.25) is 10.0 Å². The van der Waals surface area contributed by atoms with E-state index in [1.807, 2.05) is 0 Å². The van der Waals surface area contributed by atoms with Crippen LogP contribution in [0.3, 0.4) is 0 Å². The Bertz CT molecular complexity index is 888. The second-order valence-electron chi connectivity index (χ2n) is 5.68. The van der Waals surface area contributed by atoms with E-state index in [0.29, 0.717) is 17.5 Å². The fraction of sp³-hybridized carbons (Fsp3) is 0.294. The summed E-state index contributed by atoms with van der Waals surface area (Å²) in [5.74, 6) is -0.503. The van der Waals surface area contributed by atoms with Crippen LogP contribution in [0.1, 0.15) is 30.5 Å². The van der Waals surface area contributed by atoms with E-state index in [2.05, 4.69) is 9.46 Å². The van der Waals surface area contributed by atoms with E-state index in [9.17, 15) is 27.3 Å². The van der Waals surface area contributed by atoms with Crippen molar-refractivity contribution in [3.05, 3.63) is 69.8 Å². The first-order valence-corrected chi connectivity index (χ1v) is 9.64. The van der Waals surface area contributed by atoms with Gasteiger partial charge in [-0.05, 0) is 18.1 Å². The van der Waals surface area contributed by atoms with E-state index in [0.717, 1.165) is 0 Å². The van der Waals surface area contributed by atoms with Crippen LogP contribution in [0.25, 0.3) is 0 Å². The molecule has 0 fully saturated rings. The van der Waals surface area contributed by atoms with Gasteiger partial charge in [0.15, 0.2) is 0 Å². The number of hydrogen-bond donors (Lipinski definition) is 1. The van der Waals surface area contributed by atoms with Crippen LogP contribution in [0.4, 0.5) is 14.5 Å². The van der Waals surface area contributed by atoms with Gasteiger partial charge in [-0.2, -0.15) is 8.78 Å². The molecule has 0 saturated carbocycles. The zero-order chi connectivity index (χ0) is 20.0. The Morgan fingerprint density at radius 3 is 2.33 bits per heavy atom. The molecule has 146 valence electrons. The van der Waals surface area contributed by atoms with Crippen molar-refractivity contribution < 1.29 is 26.9 Å². The zero-order valence-corrected chi connectivity index (χ0v) is 15.2. The number of hydrogen-bond acceptors (Lipinski definition) is 5. The molecule has 0 bridgehead atoms. The van der Waals surface area contributed by atoms with Crippen LogP contribution < -0.4 is 9.46 Å². The van der Waals surface area contributed by atoms with Gasteiger partial charge in [-0.3, -0.25) is 10.1 Å². The molecule has 2 rings (SSSR count). The molecular weight excluding hydrogens is 382 g/mol. The van der Waals surface area contributed by atoms with Gasteiger partial charge < -0.3 is 4.74 Å². The minimum atomic E-state index is -3.84. The highest BCUT2D eigenvalue weighted by Crippen LogP contribution is 2.29. The predicted octanol–water partition coefficient (Wildman–Crippen LogP) is 3.77. The SMILES string of the molecule is CCC(NS(=O)(=O)Cc1ccc([N+](=O)[O-])cc1)c1ccccc1OC(F)F. The molecular formula is C17H18F2N2O5S. The summed E-state index contributed by atoms with van der Waals surface area (Å²) < 4.78 is 57.0. The van der Waals surface area contributed by atoms with E-state index in [-0.39, 0.29) is 11.4 Å². The molecule has 0 radical (unpaired) electrons. The van der Waals surface area contributed by atoms with Crippen molar-refractivity contribution in [1.29, 1.82) is 0 Å². The maximum absolute atomic E-state index is 12.6. The van der Waals surface area contributed by atoms with Crippen molar-refractivity contribution in [3.63, 3.8) is 0 Å². The molecule has 0 heterocycles. The van der Waals surface area contributed by atoms with Gasteiger partial charge in [0, 0.05) is 17.7 Å². The Morgan fingerprint density at radius 1 is 1.15 bits per heavy atom. The number of nitrogens with zero attached hydrogens (tertiary/aromatic N) is 1. The maximum atomic E-state index is 12.6. The molecule has 0 aliphatic rings. The van der Waals surface area contributed by atoms with Crippen molar-refractivity contribution in [3.8, 4) is 5.75 Å². The van der Waals surface area contributed by atoms with Crippen LogP contribution in [0, 0.1) is 10.1 Å². The summed E-state index contributed by atoms with van der Waals surface area (Å²) in [5, 5.41) is 10.7.